The number of hydrogen-bond acceptors (Lipinski definition) is 4. The van der Waals surface area contributed by atoms with Gasteiger partial charge in [-0.25, -0.2) is 4.98 Å². The van der Waals surface area contributed by atoms with Crippen LogP contribution in [0.5, 0.6) is 0 Å². The molecule has 1 N–H and O–H groups in total. The molecule has 0 amide bonds. The summed E-state index contributed by atoms with van der Waals surface area (Å²) in [5, 5.41) is 13.0. The Labute approximate surface area is 142 Å². The van der Waals surface area contributed by atoms with E-state index in [4.69, 9.17) is 4.98 Å². The molecule has 0 bridgehead atoms. The molecule has 1 aromatic heterocycles. The Morgan fingerprint density at radius 3 is 2.58 bits per heavy atom. The van der Waals surface area contributed by atoms with Crippen LogP contribution in [0.1, 0.15) is 66.7 Å². The highest BCUT2D eigenvalue weighted by Gasteiger charge is 2.34. The molecule has 0 saturated carbocycles. The number of rotatable bonds is 5. The summed E-state index contributed by atoms with van der Waals surface area (Å²) in [5.41, 5.74) is 2.68. The molecule has 0 atom stereocenters. The molecule has 2 aromatic rings. The molecular weight excluding hydrogens is 302 g/mol. The topological polar surface area (TPSA) is 67.5 Å². The molecule has 126 valence electrons. The van der Waals surface area contributed by atoms with Crippen molar-refractivity contribution >= 4 is 11.5 Å². The molecule has 24 heavy (non-hydrogen) atoms. The number of carbonyl (C=O) groups is 1. The molecule has 0 spiro atoms. The Morgan fingerprint density at radius 1 is 1.25 bits per heavy atom. The first-order valence-electron chi connectivity index (χ1n) is 8.54. The lowest BCUT2D eigenvalue weighted by Gasteiger charge is -2.18. The molecule has 0 unspecified atom stereocenters. The largest absolute Gasteiger partial charge is 0.410 e. The monoisotopic (exact) mass is 325 g/mol. The van der Waals surface area contributed by atoms with Gasteiger partial charge in [-0.15, -0.1) is 0 Å². The van der Waals surface area contributed by atoms with Crippen LogP contribution < -0.4 is 0 Å². The van der Waals surface area contributed by atoms with Crippen LogP contribution in [0.15, 0.2) is 29.4 Å². The SMILES string of the molecule is CCCCn1c(CC(C)C)nc2c1C(=O)c1ccccc1C2=NO. The van der Waals surface area contributed by atoms with Crippen LogP contribution in [0.25, 0.3) is 0 Å². The predicted molar refractivity (Wildman–Crippen MR) is 93.0 cm³/mol. The Balaban J connectivity index is 2.21. The minimum absolute atomic E-state index is 0.0355. The number of benzene rings is 1. The fourth-order valence-electron chi connectivity index (χ4n) is 3.22. The number of unbranched alkanes of at least 4 members (excludes halogenated alkanes) is 1. The van der Waals surface area contributed by atoms with Gasteiger partial charge in [0.25, 0.3) is 0 Å². The Morgan fingerprint density at radius 2 is 1.96 bits per heavy atom. The van der Waals surface area contributed by atoms with Gasteiger partial charge in [-0.05, 0) is 12.3 Å². The van der Waals surface area contributed by atoms with Gasteiger partial charge >= 0.3 is 0 Å². The summed E-state index contributed by atoms with van der Waals surface area (Å²) in [6.45, 7) is 7.15. The smallest absolute Gasteiger partial charge is 0.212 e. The number of nitrogens with zero attached hydrogens (tertiary/aromatic N) is 3. The minimum Gasteiger partial charge on any atom is -0.410 e. The lowest BCUT2D eigenvalue weighted by Crippen LogP contribution is -2.24. The van der Waals surface area contributed by atoms with Crippen LogP contribution in [-0.2, 0) is 13.0 Å². The average Bonchev–Trinajstić information content (AvgIpc) is 2.91. The highest BCUT2D eigenvalue weighted by molar-refractivity contribution is 6.28. The maximum atomic E-state index is 13.1. The van der Waals surface area contributed by atoms with Gasteiger partial charge in [0, 0.05) is 24.1 Å². The number of carbonyl (C=O) groups excluding carboxylic acids is 1. The van der Waals surface area contributed by atoms with E-state index in [0.717, 1.165) is 31.6 Å². The number of fused-ring (bicyclic) bond motifs is 2. The first-order valence-corrected chi connectivity index (χ1v) is 8.54. The van der Waals surface area contributed by atoms with Crippen LogP contribution in [0.3, 0.4) is 0 Å². The summed E-state index contributed by atoms with van der Waals surface area (Å²) >= 11 is 0. The molecule has 0 saturated heterocycles. The maximum Gasteiger partial charge on any atom is 0.212 e. The zero-order chi connectivity index (χ0) is 17.3. The van der Waals surface area contributed by atoms with E-state index in [-0.39, 0.29) is 5.78 Å². The molecule has 1 heterocycles. The van der Waals surface area contributed by atoms with Crippen LogP contribution in [0, 0.1) is 5.92 Å². The average molecular weight is 325 g/mol. The molecule has 1 aliphatic carbocycles. The van der Waals surface area contributed by atoms with Crippen LogP contribution >= 0.6 is 0 Å². The summed E-state index contributed by atoms with van der Waals surface area (Å²) in [6, 6.07) is 7.26. The zero-order valence-electron chi connectivity index (χ0n) is 14.4. The Kier molecular flexibility index (Phi) is 4.51. The van der Waals surface area contributed by atoms with Gasteiger partial charge in [-0.1, -0.05) is 56.6 Å². The molecule has 1 aromatic carbocycles. The van der Waals surface area contributed by atoms with Crippen LogP contribution in [-0.4, -0.2) is 26.3 Å². The number of hydrogen-bond donors (Lipinski definition) is 1. The summed E-state index contributed by atoms with van der Waals surface area (Å²) in [5.74, 6) is 1.29. The third-order valence-corrected chi connectivity index (χ3v) is 4.34. The quantitative estimate of drug-likeness (QED) is 0.575. The van der Waals surface area contributed by atoms with Gasteiger partial charge in [0.05, 0.1) is 0 Å². The fraction of sp³-hybridized carbons (Fsp3) is 0.421. The van der Waals surface area contributed by atoms with Gasteiger partial charge in [0.2, 0.25) is 5.78 Å². The molecule has 5 nitrogen and oxygen atoms in total. The van der Waals surface area contributed by atoms with Crippen LogP contribution in [0.2, 0.25) is 0 Å². The minimum atomic E-state index is -0.0355. The van der Waals surface area contributed by atoms with Gasteiger partial charge in [0.1, 0.15) is 22.9 Å². The lowest BCUT2D eigenvalue weighted by atomic mass is 9.89. The van der Waals surface area contributed by atoms with Crippen molar-refractivity contribution < 1.29 is 10.0 Å². The van der Waals surface area contributed by atoms with E-state index in [0.29, 0.717) is 34.1 Å². The number of imidazole rings is 1. The van der Waals surface area contributed by atoms with Crippen molar-refractivity contribution in [3.63, 3.8) is 0 Å². The van der Waals surface area contributed by atoms with Crippen molar-refractivity contribution in [2.24, 2.45) is 11.1 Å². The van der Waals surface area contributed by atoms with E-state index in [1.165, 1.54) is 0 Å². The van der Waals surface area contributed by atoms with Crippen molar-refractivity contribution in [1.82, 2.24) is 9.55 Å². The first-order chi connectivity index (χ1) is 11.6. The van der Waals surface area contributed by atoms with Crippen molar-refractivity contribution in [2.75, 3.05) is 0 Å². The highest BCUT2D eigenvalue weighted by atomic mass is 16.4. The van der Waals surface area contributed by atoms with E-state index in [1.54, 1.807) is 12.1 Å². The van der Waals surface area contributed by atoms with Crippen molar-refractivity contribution in [3.8, 4) is 0 Å². The van der Waals surface area contributed by atoms with Crippen LogP contribution in [0.4, 0.5) is 0 Å². The van der Waals surface area contributed by atoms with Gasteiger partial charge in [0.15, 0.2) is 0 Å². The molecule has 5 heteroatoms. The summed E-state index contributed by atoms with van der Waals surface area (Å²) < 4.78 is 2.03. The second-order valence-electron chi connectivity index (χ2n) is 6.65. The molecule has 0 radical (unpaired) electrons. The van der Waals surface area contributed by atoms with Crippen molar-refractivity contribution in [3.05, 3.63) is 52.6 Å². The Hall–Kier alpha value is -2.43. The van der Waals surface area contributed by atoms with E-state index in [1.807, 2.05) is 16.7 Å². The van der Waals surface area contributed by atoms with Gasteiger partial charge < -0.3 is 9.77 Å². The molecule has 0 fully saturated rings. The third-order valence-electron chi connectivity index (χ3n) is 4.34. The lowest BCUT2D eigenvalue weighted by molar-refractivity contribution is 0.102. The standard InChI is InChI=1S/C19H23N3O2/c1-4-5-10-22-15(11-12(2)3)20-17-16(21-24)13-8-6-7-9-14(13)19(23)18(17)22/h6-9,12,24H,4-5,10-11H2,1-3H3. The predicted octanol–water partition coefficient (Wildman–Crippen LogP) is 3.65. The van der Waals surface area contributed by atoms with Crippen molar-refractivity contribution in [1.29, 1.82) is 0 Å². The van der Waals surface area contributed by atoms with E-state index < -0.39 is 0 Å². The summed E-state index contributed by atoms with van der Waals surface area (Å²) in [6.07, 6.45) is 2.81. The molecule has 3 rings (SSSR count). The number of oxime groups is 1. The van der Waals surface area contributed by atoms with Gasteiger partial charge in [-0.2, -0.15) is 0 Å². The maximum absolute atomic E-state index is 13.1. The summed E-state index contributed by atoms with van der Waals surface area (Å²) in [4.78, 5) is 17.8. The third kappa shape index (κ3) is 2.64. The van der Waals surface area contributed by atoms with E-state index >= 15 is 0 Å². The summed E-state index contributed by atoms with van der Waals surface area (Å²) in [7, 11) is 0. The van der Waals surface area contributed by atoms with E-state index in [9.17, 15) is 10.0 Å². The fourth-order valence-corrected chi connectivity index (χ4v) is 3.22. The Bertz CT molecular complexity index is 803. The van der Waals surface area contributed by atoms with Gasteiger partial charge in [-0.3, -0.25) is 4.79 Å². The molecular formula is C19H23N3O2. The second-order valence-corrected chi connectivity index (χ2v) is 6.65. The normalized spacial score (nSPS) is 15.0. The molecule has 1 aliphatic rings. The van der Waals surface area contributed by atoms with E-state index in [2.05, 4.69) is 25.9 Å². The molecule has 0 aliphatic heterocycles. The second kappa shape index (κ2) is 6.59. The number of aromatic nitrogens is 2. The van der Waals surface area contributed by atoms with Crippen molar-refractivity contribution in [2.45, 2.75) is 46.6 Å². The first kappa shape index (κ1) is 16.4. The number of ketones is 1. The zero-order valence-corrected chi connectivity index (χ0v) is 14.4. The highest BCUT2D eigenvalue weighted by Crippen LogP contribution is 2.29.